The van der Waals surface area contributed by atoms with Crippen molar-refractivity contribution >= 4 is 27.5 Å². The van der Waals surface area contributed by atoms with E-state index < -0.39 is 16.1 Å². The molecule has 4 rings (SSSR count). The summed E-state index contributed by atoms with van der Waals surface area (Å²) in [5, 5.41) is 0.184. The van der Waals surface area contributed by atoms with Crippen LogP contribution in [0.3, 0.4) is 0 Å². The number of rotatable bonds is 4. The van der Waals surface area contributed by atoms with Crippen LogP contribution in [0.5, 0.6) is 0 Å². The summed E-state index contributed by atoms with van der Waals surface area (Å²) in [6.45, 7) is 3.54. The molecule has 3 aliphatic rings. The minimum atomic E-state index is -3.76. The van der Waals surface area contributed by atoms with Crippen LogP contribution >= 0.6 is 11.6 Å². The molecule has 0 radical (unpaired) electrons. The van der Waals surface area contributed by atoms with E-state index in [4.69, 9.17) is 16.3 Å². The van der Waals surface area contributed by atoms with Gasteiger partial charge in [0.1, 0.15) is 11.0 Å². The highest BCUT2D eigenvalue weighted by Gasteiger charge is 2.38. The van der Waals surface area contributed by atoms with E-state index in [-0.39, 0.29) is 35.5 Å². The van der Waals surface area contributed by atoms with Crippen LogP contribution in [0.25, 0.3) is 0 Å². The van der Waals surface area contributed by atoms with Crippen molar-refractivity contribution in [1.29, 1.82) is 0 Å². The highest BCUT2D eigenvalue weighted by Crippen LogP contribution is 2.27. The van der Waals surface area contributed by atoms with Crippen molar-refractivity contribution in [1.82, 2.24) is 14.1 Å². The normalized spacial score (nSPS) is 25.5. The van der Waals surface area contributed by atoms with E-state index in [1.807, 2.05) is 4.90 Å². The predicted molar refractivity (Wildman–Crippen MR) is 106 cm³/mol. The second kappa shape index (κ2) is 8.28. The maximum atomic E-state index is 13.0. The van der Waals surface area contributed by atoms with Crippen LogP contribution in [0.4, 0.5) is 0 Å². The van der Waals surface area contributed by atoms with Crippen molar-refractivity contribution in [3.8, 4) is 0 Å². The molecular weight excluding hydrogens is 402 g/mol. The zero-order valence-corrected chi connectivity index (χ0v) is 17.4. The number of ether oxygens (including phenoxy) is 1. The second-order valence-corrected chi connectivity index (χ2v) is 9.91. The lowest BCUT2D eigenvalue weighted by atomic mass is 9.91. The van der Waals surface area contributed by atoms with Crippen LogP contribution < -0.4 is 0 Å². The van der Waals surface area contributed by atoms with Gasteiger partial charge in [-0.05, 0) is 25.0 Å². The summed E-state index contributed by atoms with van der Waals surface area (Å²) < 4.78 is 32.9. The molecule has 0 bridgehead atoms. The van der Waals surface area contributed by atoms with Gasteiger partial charge in [-0.1, -0.05) is 30.2 Å². The van der Waals surface area contributed by atoms with Crippen LogP contribution in [0.1, 0.15) is 19.3 Å². The molecule has 1 aromatic rings. The van der Waals surface area contributed by atoms with Gasteiger partial charge in [0.15, 0.2) is 0 Å². The smallest absolute Gasteiger partial charge is 0.253 e. The van der Waals surface area contributed by atoms with E-state index in [1.54, 1.807) is 18.2 Å². The number of carbonyl (C=O) groups excluding carboxylic acids is 1. The summed E-state index contributed by atoms with van der Waals surface area (Å²) in [7, 11) is -3.76. The maximum absolute atomic E-state index is 13.0. The Balaban J connectivity index is 1.39. The van der Waals surface area contributed by atoms with Crippen molar-refractivity contribution in [2.75, 3.05) is 45.9 Å². The van der Waals surface area contributed by atoms with Crippen molar-refractivity contribution in [3.63, 3.8) is 0 Å². The monoisotopic (exact) mass is 427 g/mol. The van der Waals surface area contributed by atoms with E-state index in [0.717, 1.165) is 13.1 Å². The third-order valence-electron chi connectivity index (χ3n) is 5.98. The molecule has 1 atom stereocenters. The van der Waals surface area contributed by atoms with Crippen LogP contribution in [-0.2, 0) is 19.6 Å². The van der Waals surface area contributed by atoms with E-state index >= 15 is 0 Å². The summed E-state index contributed by atoms with van der Waals surface area (Å²) in [6.07, 6.45) is 3.06. The molecule has 154 valence electrons. The quantitative estimate of drug-likeness (QED) is 0.727. The van der Waals surface area contributed by atoms with Gasteiger partial charge < -0.3 is 9.64 Å². The van der Waals surface area contributed by atoms with Crippen molar-refractivity contribution in [2.24, 2.45) is 0 Å². The summed E-state index contributed by atoms with van der Waals surface area (Å²) in [5.41, 5.74) is 0. The highest BCUT2D eigenvalue weighted by molar-refractivity contribution is 7.89. The fraction of sp³-hybridized carbons (Fsp3) is 0.632. The Bertz CT molecular complexity index is 822. The second-order valence-electron chi connectivity index (χ2n) is 7.60. The standard InChI is InChI=1S/C19H26ClN3O4S/c20-16-6-1-2-7-18(16)28(25,26)23-12-13-27-17(14-23)19(24)22-10-8-21(9-11-22)15-4-3-5-15/h1-2,6-7,15,17H,3-5,8-14H2/t17-/m1/s1. The van der Waals surface area contributed by atoms with Crippen LogP contribution in [-0.4, -0.2) is 86.5 Å². The number of amides is 1. The minimum Gasteiger partial charge on any atom is -0.366 e. The van der Waals surface area contributed by atoms with Crippen LogP contribution in [0.2, 0.25) is 5.02 Å². The average molecular weight is 428 g/mol. The number of hydrogen-bond acceptors (Lipinski definition) is 5. The number of sulfonamides is 1. The van der Waals surface area contributed by atoms with Gasteiger partial charge in [0.2, 0.25) is 10.0 Å². The molecule has 1 amide bonds. The summed E-state index contributed by atoms with van der Waals surface area (Å²) in [5.74, 6) is -0.118. The van der Waals surface area contributed by atoms with Gasteiger partial charge in [0, 0.05) is 45.3 Å². The molecule has 28 heavy (non-hydrogen) atoms. The maximum Gasteiger partial charge on any atom is 0.253 e. The van der Waals surface area contributed by atoms with Crippen molar-refractivity contribution < 1.29 is 17.9 Å². The SMILES string of the molecule is O=C([C@H]1CN(S(=O)(=O)c2ccccc2Cl)CCO1)N1CCN(C2CCC2)CC1. The average Bonchev–Trinajstić information content (AvgIpc) is 2.67. The van der Waals surface area contributed by atoms with Crippen LogP contribution in [0.15, 0.2) is 29.2 Å². The topological polar surface area (TPSA) is 70.2 Å². The number of benzene rings is 1. The molecular formula is C19H26ClN3O4S. The van der Waals surface area contributed by atoms with Gasteiger partial charge >= 0.3 is 0 Å². The lowest BCUT2D eigenvalue weighted by Crippen LogP contribution is -2.58. The third kappa shape index (κ3) is 3.93. The number of halogens is 1. The van der Waals surface area contributed by atoms with E-state index in [0.29, 0.717) is 19.1 Å². The summed E-state index contributed by atoms with van der Waals surface area (Å²) >= 11 is 6.09. The molecule has 2 heterocycles. The lowest BCUT2D eigenvalue weighted by Gasteiger charge is -2.44. The summed E-state index contributed by atoms with van der Waals surface area (Å²) in [6, 6.07) is 7.06. The molecule has 9 heteroatoms. The molecule has 3 fully saturated rings. The van der Waals surface area contributed by atoms with Gasteiger partial charge in [0.05, 0.1) is 11.6 Å². The molecule has 1 saturated carbocycles. The molecule has 0 unspecified atom stereocenters. The number of piperazine rings is 1. The largest absolute Gasteiger partial charge is 0.366 e. The predicted octanol–water partition coefficient (Wildman–Crippen LogP) is 1.43. The number of carbonyl (C=O) groups is 1. The zero-order chi connectivity index (χ0) is 19.7. The lowest BCUT2D eigenvalue weighted by molar-refractivity contribution is -0.149. The number of hydrogen-bond donors (Lipinski definition) is 0. The van der Waals surface area contributed by atoms with Crippen LogP contribution in [0, 0.1) is 0 Å². The molecule has 2 aliphatic heterocycles. The van der Waals surface area contributed by atoms with E-state index in [9.17, 15) is 13.2 Å². The molecule has 7 nitrogen and oxygen atoms in total. The molecule has 0 aromatic heterocycles. The van der Waals surface area contributed by atoms with Gasteiger partial charge in [-0.25, -0.2) is 8.42 Å². The van der Waals surface area contributed by atoms with Gasteiger partial charge in [0.25, 0.3) is 5.91 Å². The van der Waals surface area contributed by atoms with Gasteiger partial charge in [-0.15, -0.1) is 0 Å². The third-order valence-corrected chi connectivity index (χ3v) is 8.34. The van der Waals surface area contributed by atoms with Crippen molar-refractivity contribution in [2.45, 2.75) is 36.3 Å². The number of morpholine rings is 1. The fourth-order valence-corrected chi connectivity index (χ4v) is 5.97. The Morgan fingerprint density at radius 2 is 1.79 bits per heavy atom. The first kappa shape index (κ1) is 20.1. The van der Waals surface area contributed by atoms with E-state index in [2.05, 4.69) is 4.90 Å². The molecule has 1 aromatic carbocycles. The first-order valence-electron chi connectivity index (χ1n) is 9.86. The minimum absolute atomic E-state index is 0.0230. The first-order chi connectivity index (χ1) is 13.5. The Morgan fingerprint density at radius 1 is 1.07 bits per heavy atom. The number of nitrogens with zero attached hydrogens (tertiary/aromatic N) is 3. The first-order valence-corrected chi connectivity index (χ1v) is 11.7. The molecule has 1 aliphatic carbocycles. The fourth-order valence-electron chi connectivity index (χ4n) is 4.05. The van der Waals surface area contributed by atoms with Gasteiger partial charge in [-0.3, -0.25) is 9.69 Å². The Hall–Kier alpha value is -1.19. The Morgan fingerprint density at radius 3 is 2.43 bits per heavy atom. The summed E-state index contributed by atoms with van der Waals surface area (Å²) in [4.78, 5) is 17.3. The molecule has 0 spiro atoms. The molecule has 2 saturated heterocycles. The Labute approximate surface area is 171 Å². The highest BCUT2D eigenvalue weighted by atomic mass is 35.5. The van der Waals surface area contributed by atoms with Crippen molar-refractivity contribution in [3.05, 3.63) is 29.3 Å². The zero-order valence-electron chi connectivity index (χ0n) is 15.8. The Kier molecular flexibility index (Phi) is 5.94. The van der Waals surface area contributed by atoms with Gasteiger partial charge in [-0.2, -0.15) is 4.31 Å². The molecule has 0 N–H and O–H groups in total. The van der Waals surface area contributed by atoms with E-state index in [1.165, 1.54) is 29.6 Å².